The number of nitrogens with one attached hydrogen (secondary N) is 1. The number of hydrogen-bond donors (Lipinski definition) is 1. The average molecular weight is 425 g/mol. The molecule has 0 fully saturated rings. The van der Waals surface area contributed by atoms with Gasteiger partial charge in [0.2, 0.25) is 5.95 Å². The highest BCUT2D eigenvalue weighted by Gasteiger charge is 2.18. The van der Waals surface area contributed by atoms with Crippen LogP contribution < -0.4 is 5.32 Å². The molecule has 154 valence electrons. The van der Waals surface area contributed by atoms with Crippen molar-refractivity contribution in [3.8, 4) is 11.3 Å². The molecule has 0 aliphatic rings. The van der Waals surface area contributed by atoms with Gasteiger partial charge in [-0.3, -0.25) is 10.1 Å². The molecule has 1 amide bonds. The van der Waals surface area contributed by atoms with E-state index in [-0.39, 0.29) is 5.69 Å². The van der Waals surface area contributed by atoms with Crippen LogP contribution in [-0.2, 0) is 11.3 Å². The molecule has 2 aromatic heterocycles. The number of para-hydroxylation sites is 2. The van der Waals surface area contributed by atoms with Gasteiger partial charge in [0.15, 0.2) is 11.5 Å². The summed E-state index contributed by atoms with van der Waals surface area (Å²) in [6, 6.07) is 16.5. The monoisotopic (exact) mass is 424 g/mol. The van der Waals surface area contributed by atoms with Gasteiger partial charge in [-0.25, -0.2) is 4.98 Å². The Labute approximate surface area is 178 Å². The van der Waals surface area contributed by atoms with Gasteiger partial charge >= 0.3 is 0 Å². The fourth-order valence-corrected chi connectivity index (χ4v) is 3.38. The second kappa shape index (κ2) is 9.11. The van der Waals surface area contributed by atoms with Crippen LogP contribution >= 0.6 is 11.6 Å². The minimum Gasteiger partial charge on any atom is -0.382 e. The zero-order chi connectivity index (χ0) is 20.9. The number of fused-ring (bicyclic) bond motifs is 1. The molecule has 30 heavy (non-hydrogen) atoms. The van der Waals surface area contributed by atoms with Crippen molar-refractivity contribution >= 4 is 34.5 Å². The second-order valence-electron chi connectivity index (χ2n) is 6.67. The number of halogens is 1. The molecule has 0 saturated heterocycles. The smallest absolute Gasteiger partial charge is 0.280 e. The van der Waals surface area contributed by atoms with Gasteiger partial charge in [0.1, 0.15) is 0 Å². The topological polar surface area (TPSA) is 82.2 Å². The van der Waals surface area contributed by atoms with E-state index >= 15 is 0 Å². The molecular weight excluding hydrogens is 404 g/mol. The summed E-state index contributed by atoms with van der Waals surface area (Å²) in [4.78, 5) is 17.4. The van der Waals surface area contributed by atoms with E-state index < -0.39 is 5.91 Å². The number of imidazole rings is 1. The van der Waals surface area contributed by atoms with E-state index in [1.54, 1.807) is 18.2 Å². The summed E-state index contributed by atoms with van der Waals surface area (Å²) in [5.41, 5.74) is 2.67. The Morgan fingerprint density at radius 1 is 1.20 bits per heavy atom. The Hall–Kier alpha value is -3.16. The lowest BCUT2D eigenvalue weighted by Crippen LogP contribution is -2.17. The van der Waals surface area contributed by atoms with Crippen molar-refractivity contribution in [2.75, 3.05) is 18.5 Å². The van der Waals surface area contributed by atoms with Gasteiger partial charge in [-0.1, -0.05) is 41.0 Å². The van der Waals surface area contributed by atoms with Crippen molar-refractivity contribution in [3.05, 3.63) is 65.3 Å². The largest absolute Gasteiger partial charge is 0.382 e. The van der Waals surface area contributed by atoms with E-state index in [1.165, 1.54) is 0 Å². The van der Waals surface area contributed by atoms with E-state index in [9.17, 15) is 4.79 Å². The third kappa shape index (κ3) is 4.37. The molecule has 7 nitrogen and oxygen atoms in total. The molecule has 0 radical (unpaired) electrons. The lowest BCUT2D eigenvalue weighted by Gasteiger charge is -2.09. The summed E-state index contributed by atoms with van der Waals surface area (Å²) >= 11 is 6.03. The number of hydrogen-bond acceptors (Lipinski definition) is 5. The highest BCUT2D eigenvalue weighted by molar-refractivity contribution is 6.30. The summed E-state index contributed by atoms with van der Waals surface area (Å²) in [6.45, 7) is 3.95. The van der Waals surface area contributed by atoms with Gasteiger partial charge in [-0.2, -0.15) is 0 Å². The van der Waals surface area contributed by atoms with Gasteiger partial charge in [0, 0.05) is 36.4 Å². The summed E-state index contributed by atoms with van der Waals surface area (Å²) in [7, 11) is 0. The normalized spacial score (nSPS) is 11.1. The number of carbonyl (C=O) groups is 1. The summed E-state index contributed by atoms with van der Waals surface area (Å²) in [6.07, 6.45) is 0.805. The maximum Gasteiger partial charge on any atom is 0.280 e. The fraction of sp³-hybridized carbons (Fsp3) is 0.227. The van der Waals surface area contributed by atoms with Gasteiger partial charge in [-0.05, 0) is 37.6 Å². The fourth-order valence-electron chi connectivity index (χ4n) is 3.19. The van der Waals surface area contributed by atoms with E-state index in [4.69, 9.17) is 20.9 Å². The van der Waals surface area contributed by atoms with E-state index in [0.717, 1.165) is 23.0 Å². The van der Waals surface area contributed by atoms with Gasteiger partial charge in [0.05, 0.1) is 11.0 Å². The second-order valence-corrected chi connectivity index (χ2v) is 7.10. The van der Waals surface area contributed by atoms with E-state index in [2.05, 4.69) is 15.5 Å². The minimum absolute atomic E-state index is 0.165. The highest BCUT2D eigenvalue weighted by Crippen LogP contribution is 2.24. The van der Waals surface area contributed by atoms with Gasteiger partial charge in [0.25, 0.3) is 5.91 Å². The van der Waals surface area contributed by atoms with Crippen molar-refractivity contribution < 1.29 is 14.1 Å². The first kappa shape index (κ1) is 20.1. The average Bonchev–Trinajstić information content (AvgIpc) is 3.37. The van der Waals surface area contributed by atoms with Crippen molar-refractivity contribution in [2.45, 2.75) is 19.9 Å². The highest BCUT2D eigenvalue weighted by atomic mass is 35.5. The molecule has 0 aliphatic heterocycles. The molecule has 0 spiro atoms. The summed E-state index contributed by atoms with van der Waals surface area (Å²) < 4.78 is 12.7. The number of amides is 1. The summed E-state index contributed by atoms with van der Waals surface area (Å²) in [5.74, 6) is 0.534. The number of aromatic nitrogens is 3. The van der Waals surface area contributed by atoms with Crippen LogP contribution in [0.3, 0.4) is 0 Å². The van der Waals surface area contributed by atoms with Crippen molar-refractivity contribution in [1.29, 1.82) is 0 Å². The molecule has 8 heteroatoms. The number of carbonyl (C=O) groups excluding carboxylic acids is 1. The molecule has 0 saturated carbocycles. The van der Waals surface area contributed by atoms with E-state index in [0.29, 0.717) is 36.5 Å². The van der Waals surface area contributed by atoms with Gasteiger partial charge in [-0.15, -0.1) is 0 Å². The first-order valence-corrected chi connectivity index (χ1v) is 10.1. The Balaban J connectivity index is 1.56. The number of nitrogens with zero attached hydrogens (tertiary/aromatic N) is 3. The quantitative estimate of drug-likeness (QED) is 0.401. The number of benzene rings is 2. The number of anilines is 1. The predicted octanol–water partition coefficient (Wildman–Crippen LogP) is 5.02. The summed E-state index contributed by atoms with van der Waals surface area (Å²) in [5, 5.41) is 7.34. The third-order valence-electron chi connectivity index (χ3n) is 4.61. The molecule has 4 rings (SSSR count). The Kier molecular flexibility index (Phi) is 6.11. The SMILES string of the molecule is CCOCCCn1c(NC(=O)c2cc(-c3cccc(Cl)c3)on2)nc2ccccc21. The molecule has 0 bridgehead atoms. The minimum atomic E-state index is -0.395. The predicted molar refractivity (Wildman–Crippen MR) is 116 cm³/mol. The first-order valence-electron chi connectivity index (χ1n) is 9.72. The maximum absolute atomic E-state index is 12.8. The number of rotatable bonds is 8. The van der Waals surface area contributed by atoms with Crippen molar-refractivity contribution in [2.24, 2.45) is 0 Å². The first-order chi connectivity index (χ1) is 14.7. The molecule has 0 atom stereocenters. The zero-order valence-corrected chi connectivity index (χ0v) is 17.2. The molecule has 2 heterocycles. The van der Waals surface area contributed by atoms with Crippen LogP contribution in [0.15, 0.2) is 59.1 Å². The third-order valence-corrected chi connectivity index (χ3v) is 4.84. The van der Waals surface area contributed by atoms with Crippen molar-refractivity contribution in [3.63, 3.8) is 0 Å². The van der Waals surface area contributed by atoms with Gasteiger partial charge < -0.3 is 13.8 Å². The zero-order valence-electron chi connectivity index (χ0n) is 16.5. The standard InChI is InChI=1S/C22H21ClN4O3/c1-2-29-12-6-11-27-19-10-4-3-9-17(19)24-22(27)25-21(28)18-14-20(30-26-18)15-7-5-8-16(23)13-15/h3-5,7-10,13-14H,2,6,11-12H2,1H3,(H,24,25,28). The molecule has 1 N–H and O–H groups in total. The van der Waals surface area contributed by atoms with Crippen LogP contribution in [0.2, 0.25) is 5.02 Å². The van der Waals surface area contributed by atoms with Crippen molar-refractivity contribution in [1.82, 2.24) is 14.7 Å². The Morgan fingerprint density at radius 2 is 2.07 bits per heavy atom. The lowest BCUT2D eigenvalue weighted by atomic mass is 10.1. The number of aryl methyl sites for hydroxylation is 1. The maximum atomic E-state index is 12.8. The van der Waals surface area contributed by atoms with Crippen LogP contribution in [0.5, 0.6) is 0 Å². The van der Waals surface area contributed by atoms with Crippen LogP contribution in [0.4, 0.5) is 5.95 Å². The van der Waals surface area contributed by atoms with Crippen LogP contribution in [0.25, 0.3) is 22.4 Å². The molecule has 2 aromatic carbocycles. The lowest BCUT2D eigenvalue weighted by molar-refractivity contribution is 0.101. The van der Waals surface area contributed by atoms with Crippen LogP contribution in [0.1, 0.15) is 23.8 Å². The van der Waals surface area contributed by atoms with Crippen LogP contribution in [0, 0.1) is 0 Å². The molecule has 0 aliphatic carbocycles. The number of ether oxygens (including phenoxy) is 1. The Morgan fingerprint density at radius 3 is 2.90 bits per heavy atom. The molecule has 0 unspecified atom stereocenters. The Bertz CT molecular complexity index is 1170. The molecule has 4 aromatic rings. The molecular formula is C22H21ClN4O3. The van der Waals surface area contributed by atoms with E-state index in [1.807, 2.05) is 47.9 Å². The van der Waals surface area contributed by atoms with Crippen LogP contribution in [-0.4, -0.2) is 33.8 Å².